The van der Waals surface area contributed by atoms with E-state index >= 15 is 0 Å². The van der Waals surface area contributed by atoms with Crippen LogP contribution in [-0.4, -0.2) is 15.5 Å². The third-order valence-electron chi connectivity index (χ3n) is 3.31. The Morgan fingerprint density at radius 1 is 1.47 bits per heavy atom. The average molecular weight is 202 g/mol. The summed E-state index contributed by atoms with van der Waals surface area (Å²) in [6, 6.07) is 3.99. The minimum absolute atomic E-state index is 0.404. The van der Waals surface area contributed by atoms with Crippen molar-refractivity contribution in [3.8, 4) is 0 Å². The first kappa shape index (κ1) is 8.77. The Morgan fingerprint density at radius 2 is 2.40 bits per heavy atom. The molecule has 15 heavy (non-hydrogen) atoms. The summed E-state index contributed by atoms with van der Waals surface area (Å²) in [6.07, 6.45) is 9.24. The summed E-state index contributed by atoms with van der Waals surface area (Å²) in [5.41, 5.74) is 1.98. The lowest BCUT2D eigenvalue weighted by Gasteiger charge is -2.20. The van der Waals surface area contributed by atoms with Gasteiger partial charge in [0.1, 0.15) is 5.69 Å². The topological polar surface area (TPSA) is 31.0 Å². The smallest absolute Gasteiger partial charge is 0.204 e. The molecule has 3 rings (SSSR count). The maximum Gasteiger partial charge on any atom is 0.204 e. The highest BCUT2D eigenvalue weighted by atomic mass is 16.5. The van der Waals surface area contributed by atoms with Gasteiger partial charge in [-0.25, -0.2) is 0 Å². The monoisotopic (exact) mass is 202 g/mol. The molecule has 0 radical (unpaired) electrons. The van der Waals surface area contributed by atoms with E-state index in [1.165, 1.54) is 6.42 Å². The lowest BCUT2D eigenvalue weighted by atomic mass is 9.92. The molecule has 0 saturated carbocycles. The highest BCUT2D eigenvalue weighted by molar-refractivity contribution is 5.74. The summed E-state index contributed by atoms with van der Waals surface area (Å²) in [4.78, 5) is 0. The van der Waals surface area contributed by atoms with Gasteiger partial charge in [-0.1, -0.05) is 0 Å². The maximum absolute atomic E-state index is 11.9. The molecule has 3 nitrogen and oxygen atoms in total. The fraction of sp³-hybridized carbons (Fsp3) is 0.417. The quantitative estimate of drug-likeness (QED) is 0.468. The largest absolute Gasteiger partial charge is 0.618 e. The fourth-order valence-corrected chi connectivity index (χ4v) is 2.53. The average Bonchev–Trinajstić information content (AvgIpc) is 2.61. The third-order valence-corrected chi connectivity index (χ3v) is 3.31. The van der Waals surface area contributed by atoms with Crippen molar-refractivity contribution in [1.29, 1.82) is 0 Å². The van der Waals surface area contributed by atoms with E-state index < -0.39 is 0 Å². The molecule has 1 aromatic heterocycles. The van der Waals surface area contributed by atoms with E-state index in [1.807, 2.05) is 12.1 Å². The normalized spacial score (nSPS) is 24.7. The second-order valence-electron chi connectivity index (χ2n) is 4.30. The summed E-state index contributed by atoms with van der Waals surface area (Å²) in [5, 5.41) is 11.9. The predicted molar refractivity (Wildman–Crippen MR) is 58.6 cm³/mol. The Bertz CT molecular complexity index is 442. The van der Waals surface area contributed by atoms with Crippen LogP contribution in [0, 0.1) is 11.1 Å². The molecule has 0 spiro atoms. The lowest BCUT2D eigenvalue weighted by Crippen LogP contribution is -2.18. The standard InChI is InChI=1S/C12H14N2O/c15-14-9-11-5-3-7-13(11)8-10-4-1-2-6-12(10)14/h3,5-7,9-10H,1-2,4,8H2/t10-/m1/s1. The van der Waals surface area contributed by atoms with Gasteiger partial charge >= 0.3 is 0 Å². The van der Waals surface area contributed by atoms with Crippen molar-refractivity contribution in [3.63, 3.8) is 0 Å². The van der Waals surface area contributed by atoms with Crippen molar-refractivity contribution in [2.75, 3.05) is 0 Å². The van der Waals surface area contributed by atoms with Gasteiger partial charge in [0.15, 0.2) is 5.70 Å². The van der Waals surface area contributed by atoms with Crippen LogP contribution in [0.3, 0.4) is 0 Å². The Hall–Kier alpha value is -1.51. The molecule has 0 unspecified atom stereocenters. The number of hydrogen-bond acceptors (Lipinski definition) is 1. The molecule has 2 heterocycles. The number of hydrogen-bond donors (Lipinski definition) is 0. The van der Waals surface area contributed by atoms with Gasteiger partial charge in [-0.2, -0.15) is 4.74 Å². The fourth-order valence-electron chi connectivity index (χ4n) is 2.53. The summed E-state index contributed by atoms with van der Waals surface area (Å²) < 4.78 is 3.23. The van der Waals surface area contributed by atoms with Crippen LogP contribution < -0.4 is 0 Å². The van der Waals surface area contributed by atoms with Crippen molar-refractivity contribution >= 4 is 6.21 Å². The summed E-state index contributed by atoms with van der Waals surface area (Å²) in [6.45, 7) is 0.948. The Kier molecular flexibility index (Phi) is 1.91. The molecule has 78 valence electrons. The first-order valence-corrected chi connectivity index (χ1v) is 5.51. The third kappa shape index (κ3) is 1.39. The van der Waals surface area contributed by atoms with Crippen LogP contribution in [0.25, 0.3) is 0 Å². The second-order valence-corrected chi connectivity index (χ2v) is 4.30. The highest BCUT2D eigenvalue weighted by Gasteiger charge is 2.27. The Balaban J connectivity index is 2.09. The van der Waals surface area contributed by atoms with Crippen LogP contribution >= 0.6 is 0 Å². The molecule has 1 aromatic rings. The van der Waals surface area contributed by atoms with Gasteiger partial charge in [0.25, 0.3) is 0 Å². The molecule has 0 bridgehead atoms. The van der Waals surface area contributed by atoms with E-state index in [2.05, 4.69) is 16.8 Å². The molecule has 0 amide bonds. The number of hydroxylamine groups is 1. The zero-order valence-electron chi connectivity index (χ0n) is 8.60. The molecule has 3 heteroatoms. The van der Waals surface area contributed by atoms with E-state index in [0.717, 1.165) is 35.5 Å². The van der Waals surface area contributed by atoms with Crippen molar-refractivity contribution in [3.05, 3.63) is 41.0 Å². The predicted octanol–water partition coefficient (Wildman–Crippen LogP) is 2.11. The van der Waals surface area contributed by atoms with Crippen molar-refractivity contribution in [2.45, 2.75) is 25.8 Å². The van der Waals surface area contributed by atoms with Crippen LogP contribution in [0.15, 0.2) is 30.1 Å². The molecular formula is C12H14N2O. The first-order chi connectivity index (χ1) is 7.34. The van der Waals surface area contributed by atoms with Crippen molar-refractivity contribution < 1.29 is 4.74 Å². The minimum atomic E-state index is 0.404. The number of fused-ring (bicyclic) bond motifs is 2. The van der Waals surface area contributed by atoms with Gasteiger partial charge in [-0.05, 0) is 37.5 Å². The zero-order valence-corrected chi connectivity index (χ0v) is 8.60. The summed E-state index contributed by atoms with van der Waals surface area (Å²) >= 11 is 0. The van der Waals surface area contributed by atoms with Crippen LogP contribution in [0.1, 0.15) is 25.0 Å². The van der Waals surface area contributed by atoms with Crippen LogP contribution in [0.2, 0.25) is 0 Å². The molecule has 0 N–H and O–H groups in total. The SMILES string of the molecule is [O-][N+]1=Cc2cccn2C[C@H]2CCCC=C21. The lowest BCUT2D eigenvalue weighted by molar-refractivity contribution is -0.406. The molecule has 1 aliphatic heterocycles. The molecule has 0 saturated heterocycles. The van der Waals surface area contributed by atoms with Gasteiger partial charge in [0.2, 0.25) is 6.21 Å². The second kappa shape index (κ2) is 3.26. The number of nitrogens with zero attached hydrogens (tertiary/aromatic N) is 2. The van der Waals surface area contributed by atoms with Crippen molar-refractivity contribution in [2.24, 2.45) is 5.92 Å². The van der Waals surface area contributed by atoms with E-state index in [4.69, 9.17) is 0 Å². The Labute approximate surface area is 88.9 Å². The molecule has 0 fully saturated rings. The Morgan fingerprint density at radius 3 is 3.33 bits per heavy atom. The van der Waals surface area contributed by atoms with Gasteiger partial charge in [0, 0.05) is 12.7 Å². The summed E-state index contributed by atoms with van der Waals surface area (Å²) in [7, 11) is 0. The van der Waals surface area contributed by atoms with Gasteiger partial charge in [-0.15, -0.1) is 0 Å². The molecule has 0 aromatic carbocycles. The van der Waals surface area contributed by atoms with E-state index in [0.29, 0.717) is 5.92 Å². The summed E-state index contributed by atoms with van der Waals surface area (Å²) in [5.74, 6) is 0.404. The first-order valence-electron chi connectivity index (χ1n) is 5.51. The van der Waals surface area contributed by atoms with Crippen molar-refractivity contribution in [1.82, 2.24) is 4.57 Å². The minimum Gasteiger partial charge on any atom is -0.618 e. The highest BCUT2D eigenvalue weighted by Crippen LogP contribution is 2.28. The van der Waals surface area contributed by atoms with Gasteiger partial charge in [-0.3, -0.25) is 0 Å². The van der Waals surface area contributed by atoms with E-state index in [9.17, 15) is 5.21 Å². The van der Waals surface area contributed by atoms with E-state index in [-0.39, 0.29) is 0 Å². The van der Waals surface area contributed by atoms with Crippen LogP contribution in [0.4, 0.5) is 0 Å². The number of aromatic nitrogens is 1. The molecule has 2 aliphatic rings. The molecular weight excluding hydrogens is 188 g/mol. The van der Waals surface area contributed by atoms with Gasteiger partial charge < -0.3 is 9.77 Å². The molecule has 1 atom stereocenters. The molecule has 1 aliphatic carbocycles. The van der Waals surface area contributed by atoms with E-state index in [1.54, 1.807) is 6.21 Å². The van der Waals surface area contributed by atoms with Crippen LogP contribution in [-0.2, 0) is 6.54 Å². The number of rotatable bonds is 0. The zero-order chi connectivity index (χ0) is 10.3. The maximum atomic E-state index is 11.9. The van der Waals surface area contributed by atoms with Crippen LogP contribution in [0.5, 0.6) is 0 Å². The van der Waals surface area contributed by atoms with Gasteiger partial charge in [0.05, 0.1) is 5.92 Å². The number of allylic oxidation sites excluding steroid dienone is 2.